The third-order valence-electron chi connectivity index (χ3n) is 6.93. The normalized spacial score (nSPS) is 36.1. The van der Waals surface area contributed by atoms with Crippen molar-refractivity contribution in [1.29, 1.82) is 0 Å². The van der Waals surface area contributed by atoms with E-state index < -0.39 is 0 Å². The van der Waals surface area contributed by atoms with Crippen LogP contribution in [0.5, 0.6) is 5.75 Å². The number of fused-ring (bicyclic) bond motifs is 5. The maximum absolute atomic E-state index is 12.9. The van der Waals surface area contributed by atoms with Gasteiger partial charge in [-0.1, -0.05) is 28.1 Å². The summed E-state index contributed by atoms with van der Waals surface area (Å²) in [6.45, 7) is 0. The van der Waals surface area contributed by atoms with Crippen LogP contribution in [-0.4, -0.2) is 28.7 Å². The fraction of sp³-hybridized carbons (Fsp3) is 0.500. The number of likely N-dealkylation sites (tertiary alicyclic amines) is 1. The molecule has 1 heterocycles. The number of carbonyl (C=O) groups is 3. The van der Waals surface area contributed by atoms with Gasteiger partial charge in [0.1, 0.15) is 5.75 Å². The molecule has 2 bridgehead atoms. The summed E-state index contributed by atoms with van der Waals surface area (Å²) < 4.78 is 6.42. The van der Waals surface area contributed by atoms with Gasteiger partial charge in [-0.15, -0.1) is 0 Å². The molecule has 3 fully saturated rings. The van der Waals surface area contributed by atoms with E-state index in [-0.39, 0.29) is 53.4 Å². The number of amides is 2. The Hall–Kier alpha value is -1.95. The maximum Gasteiger partial charge on any atom is 0.314 e. The highest BCUT2D eigenvalue weighted by Crippen LogP contribution is 2.53. The second-order valence-electron chi connectivity index (χ2n) is 8.43. The van der Waals surface area contributed by atoms with E-state index in [1.165, 1.54) is 0 Å². The summed E-state index contributed by atoms with van der Waals surface area (Å²) in [5, 5.41) is 0. The van der Waals surface area contributed by atoms with Crippen LogP contribution in [0.2, 0.25) is 0 Å². The SMILES string of the molecule is O=C(Oc1ccc(Br)cc1)C1CCC(N2C(=O)[C@@H]3[C@H](C2=O)[C@@H]2C=C[C@H]3C2)CC1. The second kappa shape index (κ2) is 6.83. The van der Waals surface area contributed by atoms with Crippen LogP contribution in [-0.2, 0) is 14.4 Å². The quantitative estimate of drug-likeness (QED) is 0.309. The average molecular weight is 444 g/mol. The summed E-state index contributed by atoms with van der Waals surface area (Å²) in [5.41, 5.74) is 0. The van der Waals surface area contributed by atoms with Crippen LogP contribution >= 0.6 is 15.9 Å². The zero-order chi connectivity index (χ0) is 19.4. The fourth-order valence-corrected chi connectivity index (χ4v) is 5.82. The van der Waals surface area contributed by atoms with Crippen LogP contribution in [0.3, 0.4) is 0 Å². The van der Waals surface area contributed by atoms with Gasteiger partial charge < -0.3 is 4.74 Å². The van der Waals surface area contributed by atoms with Gasteiger partial charge in [-0.05, 0) is 68.2 Å². The van der Waals surface area contributed by atoms with Gasteiger partial charge in [0.05, 0.1) is 17.8 Å². The van der Waals surface area contributed by atoms with E-state index >= 15 is 0 Å². The van der Waals surface area contributed by atoms with Gasteiger partial charge in [0.25, 0.3) is 0 Å². The number of imide groups is 1. The van der Waals surface area contributed by atoms with Gasteiger partial charge in [0, 0.05) is 10.5 Å². The number of halogens is 1. The molecule has 2 saturated carbocycles. The van der Waals surface area contributed by atoms with Gasteiger partial charge in [-0.2, -0.15) is 0 Å². The first-order valence-corrected chi connectivity index (χ1v) is 10.8. The molecular weight excluding hydrogens is 422 g/mol. The summed E-state index contributed by atoms with van der Waals surface area (Å²) in [6, 6.07) is 7.13. The highest BCUT2D eigenvalue weighted by atomic mass is 79.9. The lowest BCUT2D eigenvalue weighted by atomic mass is 9.85. The van der Waals surface area contributed by atoms with Crippen LogP contribution in [0, 0.1) is 29.6 Å². The van der Waals surface area contributed by atoms with Crippen LogP contribution < -0.4 is 4.74 Å². The monoisotopic (exact) mass is 443 g/mol. The second-order valence-corrected chi connectivity index (χ2v) is 9.34. The number of hydrogen-bond donors (Lipinski definition) is 0. The number of nitrogens with zero attached hydrogens (tertiary/aromatic N) is 1. The Kier molecular flexibility index (Phi) is 4.42. The van der Waals surface area contributed by atoms with Gasteiger partial charge >= 0.3 is 5.97 Å². The number of hydrogen-bond acceptors (Lipinski definition) is 4. The van der Waals surface area contributed by atoms with E-state index in [9.17, 15) is 14.4 Å². The first-order valence-electron chi connectivity index (χ1n) is 10.1. The number of benzene rings is 1. The lowest BCUT2D eigenvalue weighted by Gasteiger charge is -2.33. The van der Waals surface area contributed by atoms with E-state index in [0.29, 0.717) is 31.4 Å². The minimum Gasteiger partial charge on any atom is -0.426 e. The van der Waals surface area contributed by atoms with Crippen molar-refractivity contribution in [3.05, 3.63) is 40.9 Å². The van der Waals surface area contributed by atoms with Crippen molar-refractivity contribution < 1.29 is 19.1 Å². The smallest absolute Gasteiger partial charge is 0.314 e. The summed E-state index contributed by atoms with van der Waals surface area (Å²) in [5.74, 6) is 0.396. The minimum atomic E-state index is -0.223. The molecule has 0 unspecified atom stereocenters. The van der Waals surface area contributed by atoms with Crippen LogP contribution in [0.1, 0.15) is 32.1 Å². The van der Waals surface area contributed by atoms with Crippen molar-refractivity contribution in [1.82, 2.24) is 4.90 Å². The van der Waals surface area contributed by atoms with Crippen molar-refractivity contribution in [2.75, 3.05) is 0 Å². The third-order valence-corrected chi connectivity index (χ3v) is 7.46. The Morgan fingerprint density at radius 3 is 2.07 bits per heavy atom. The largest absolute Gasteiger partial charge is 0.426 e. The molecule has 1 saturated heterocycles. The summed E-state index contributed by atoms with van der Waals surface area (Å²) in [4.78, 5) is 39.9. The lowest BCUT2D eigenvalue weighted by molar-refractivity contribution is -0.145. The zero-order valence-corrected chi connectivity index (χ0v) is 17.0. The summed E-state index contributed by atoms with van der Waals surface area (Å²) in [7, 11) is 0. The van der Waals surface area contributed by atoms with E-state index in [1.807, 2.05) is 12.1 Å². The Morgan fingerprint density at radius 2 is 1.50 bits per heavy atom. The molecule has 1 aliphatic heterocycles. The van der Waals surface area contributed by atoms with Gasteiger partial charge in [-0.25, -0.2) is 0 Å². The zero-order valence-electron chi connectivity index (χ0n) is 15.4. The molecule has 2 amide bonds. The molecule has 5 rings (SSSR count). The number of esters is 1. The molecule has 5 nitrogen and oxygen atoms in total. The van der Waals surface area contributed by atoms with E-state index in [4.69, 9.17) is 4.74 Å². The Labute approximate surface area is 172 Å². The summed E-state index contributed by atoms with van der Waals surface area (Å²) in [6.07, 6.45) is 7.86. The highest BCUT2D eigenvalue weighted by Gasteiger charge is 2.60. The standard InChI is InChI=1S/C22H22BrNO4/c23-15-5-9-17(10-6-15)28-22(27)12-3-7-16(8-4-12)24-20(25)18-13-1-2-14(11-13)19(18)21(24)26/h1-2,5-6,9-10,12-14,16,18-19H,3-4,7-8,11H2/t12?,13-,14+,16?,18-,19+. The van der Waals surface area contributed by atoms with Crippen LogP contribution in [0.4, 0.5) is 0 Å². The number of rotatable bonds is 3. The predicted octanol–water partition coefficient (Wildman–Crippen LogP) is 3.72. The van der Waals surface area contributed by atoms with Crippen molar-refractivity contribution in [3.8, 4) is 5.75 Å². The molecule has 3 aliphatic carbocycles. The molecule has 4 atom stereocenters. The maximum atomic E-state index is 12.9. The Morgan fingerprint density at radius 1 is 0.929 bits per heavy atom. The van der Waals surface area contributed by atoms with Crippen LogP contribution in [0.15, 0.2) is 40.9 Å². The van der Waals surface area contributed by atoms with Crippen molar-refractivity contribution >= 4 is 33.7 Å². The van der Waals surface area contributed by atoms with Crippen molar-refractivity contribution in [2.24, 2.45) is 29.6 Å². The molecular formula is C22H22BrNO4. The molecule has 1 aromatic carbocycles. The van der Waals surface area contributed by atoms with Crippen LogP contribution in [0.25, 0.3) is 0 Å². The molecule has 4 aliphatic rings. The third kappa shape index (κ3) is 2.84. The van der Waals surface area contributed by atoms with Crippen molar-refractivity contribution in [2.45, 2.75) is 38.1 Å². The summed E-state index contributed by atoms with van der Waals surface area (Å²) >= 11 is 3.36. The Balaban J connectivity index is 1.21. The molecule has 28 heavy (non-hydrogen) atoms. The number of ether oxygens (including phenoxy) is 1. The Bertz CT molecular complexity index is 826. The minimum absolute atomic E-state index is 0.0211. The topological polar surface area (TPSA) is 63.7 Å². The van der Waals surface area contributed by atoms with Crippen molar-refractivity contribution in [3.63, 3.8) is 0 Å². The van der Waals surface area contributed by atoms with Gasteiger partial charge in [-0.3, -0.25) is 19.3 Å². The fourth-order valence-electron chi connectivity index (χ4n) is 5.56. The molecule has 1 aromatic rings. The predicted molar refractivity (Wildman–Crippen MR) is 105 cm³/mol. The average Bonchev–Trinajstić information content (AvgIpc) is 3.38. The molecule has 6 heteroatoms. The number of allylic oxidation sites excluding steroid dienone is 2. The van der Waals surface area contributed by atoms with Gasteiger partial charge in [0.2, 0.25) is 11.8 Å². The molecule has 0 N–H and O–H groups in total. The van der Waals surface area contributed by atoms with E-state index in [0.717, 1.165) is 10.9 Å². The number of carbonyl (C=O) groups excluding carboxylic acids is 3. The first-order chi connectivity index (χ1) is 13.5. The lowest BCUT2D eigenvalue weighted by Crippen LogP contribution is -2.44. The molecule has 0 radical (unpaired) electrons. The van der Waals surface area contributed by atoms with E-state index in [1.54, 1.807) is 17.0 Å². The first kappa shape index (κ1) is 18.1. The molecule has 0 spiro atoms. The van der Waals surface area contributed by atoms with E-state index in [2.05, 4.69) is 28.1 Å². The molecule has 0 aromatic heterocycles. The molecule has 146 valence electrons. The van der Waals surface area contributed by atoms with Gasteiger partial charge in [0.15, 0.2) is 0 Å². The highest BCUT2D eigenvalue weighted by molar-refractivity contribution is 9.10.